The van der Waals surface area contributed by atoms with Crippen molar-refractivity contribution in [3.63, 3.8) is 0 Å². The lowest BCUT2D eigenvalue weighted by Gasteiger charge is -2.19. The number of carboxylic acid groups (broad SMARTS) is 1. The Morgan fingerprint density at radius 3 is 2.65 bits per heavy atom. The third kappa shape index (κ3) is 2.49. The first-order chi connectivity index (χ1) is 10.8. The van der Waals surface area contributed by atoms with Crippen molar-refractivity contribution in [3.8, 4) is 0 Å². The van der Waals surface area contributed by atoms with E-state index in [1.54, 1.807) is 29.6 Å². The topological polar surface area (TPSA) is 90.5 Å². The van der Waals surface area contributed by atoms with Gasteiger partial charge in [-0.25, -0.2) is 13.2 Å². The lowest BCUT2D eigenvalue weighted by Crippen LogP contribution is -2.26. The van der Waals surface area contributed by atoms with Crippen molar-refractivity contribution in [3.05, 3.63) is 47.0 Å². The fourth-order valence-corrected chi connectivity index (χ4v) is 4.77. The largest absolute Gasteiger partial charge is 0.477 e. The molecule has 0 aliphatic carbocycles. The van der Waals surface area contributed by atoms with E-state index < -0.39 is 16.0 Å². The second kappa shape index (κ2) is 5.39. The number of carbonyl (C=O) groups is 1. The number of H-pyrrole nitrogens is 1. The number of aromatic carboxylic acids is 1. The summed E-state index contributed by atoms with van der Waals surface area (Å²) in [4.78, 5) is 14.0. The second-order valence-corrected chi connectivity index (χ2v) is 8.23. The van der Waals surface area contributed by atoms with Crippen LogP contribution in [0.3, 0.4) is 0 Å². The predicted molar refractivity (Wildman–Crippen MR) is 89.9 cm³/mol. The number of hydrogen-bond acceptors (Lipinski definition) is 4. The van der Waals surface area contributed by atoms with Crippen LogP contribution in [0.15, 0.2) is 39.9 Å². The normalized spacial score (nSPS) is 11.7. The molecule has 2 heterocycles. The van der Waals surface area contributed by atoms with Gasteiger partial charge in [0.25, 0.3) is 10.0 Å². The molecule has 0 aliphatic rings. The molecule has 0 saturated heterocycles. The molecule has 2 aromatic heterocycles. The van der Waals surface area contributed by atoms with Crippen LogP contribution in [0.5, 0.6) is 0 Å². The highest BCUT2D eigenvalue weighted by atomic mass is 32.2. The summed E-state index contributed by atoms with van der Waals surface area (Å²) >= 11 is 1.14. The monoisotopic (exact) mass is 350 g/mol. The van der Waals surface area contributed by atoms with E-state index in [1.807, 2.05) is 6.92 Å². The van der Waals surface area contributed by atoms with Gasteiger partial charge in [0.1, 0.15) is 9.90 Å². The standard InChI is InChI=1S/C15H14N2O4S2/c1-9-5-6-12(14-10(9)8-11(16-14)15(18)19)17(2)23(20,21)13-4-3-7-22-13/h3-8,16H,1-2H3,(H,18,19). The van der Waals surface area contributed by atoms with Gasteiger partial charge in [-0.05, 0) is 36.1 Å². The fraction of sp³-hybridized carbons (Fsp3) is 0.133. The maximum absolute atomic E-state index is 12.7. The maximum Gasteiger partial charge on any atom is 0.352 e. The average molecular weight is 350 g/mol. The van der Waals surface area contributed by atoms with Crippen LogP contribution in [-0.4, -0.2) is 31.5 Å². The lowest BCUT2D eigenvalue weighted by atomic mass is 10.1. The van der Waals surface area contributed by atoms with Crippen molar-refractivity contribution in [1.82, 2.24) is 4.98 Å². The molecule has 0 saturated carbocycles. The van der Waals surface area contributed by atoms with E-state index in [2.05, 4.69) is 4.98 Å². The second-order valence-electron chi connectivity index (χ2n) is 5.08. The third-order valence-corrected chi connectivity index (χ3v) is 6.81. The van der Waals surface area contributed by atoms with E-state index in [0.29, 0.717) is 16.6 Å². The number of aryl methyl sites for hydroxylation is 1. The summed E-state index contributed by atoms with van der Waals surface area (Å²) in [5.74, 6) is -1.09. The highest BCUT2D eigenvalue weighted by Gasteiger charge is 2.25. The molecule has 6 nitrogen and oxygen atoms in total. The van der Waals surface area contributed by atoms with E-state index in [4.69, 9.17) is 5.11 Å². The van der Waals surface area contributed by atoms with Gasteiger partial charge < -0.3 is 10.1 Å². The number of hydrogen-bond donors (Lipinski definition) is 2. The van der Waals surface area contributed by atoms with Crippen LogP contribution in [0, 0.1) is 6.92 Å². The molecule has 0 atom stereocenters. The number of anilines is 1. The van der Waals surface area contributed by atoms with Gasteiger partial charge in [-0.1, -0.05) is 12.1 Å². The number of fused-ring (bicyclic) bond motifs is 1. The molecule has 1 aromatic carbocycles. The maximum atomic E-state index is 12.7. The Morgan fingerprint density at radius 1 is 1.30 bits per heavy atom. The van der Waals surface area contributed by atoms with Gasteiger partial charge in [0.2, 0.25) is 0 Å². The molecule has 23 heavy (non-hydrogen) atoms. The van der Waals surface area contributed by atoms with E-state index in [-0.39, 0.29) is 9.90 Å². The van der Waals surface area contributed by atoms with Crippen molar-refractivity contribution in [1.29, 1.82) is 0 Å². The molecule has 0 spiro atoms. The fourth-order valence-electron chi connectivity index (χ4n) is 2.40. The molecule has 0 fully saturated rings. The van der Waals surface area contributed by atoms with Crippen molar-refractivity contribution in [2.45, 2.75) is 11.1 Å². The molecule has 120 valence electrons. The van der Waals surface area contributed by atoms with E-state index >= 15 is 0 Å². The zero-order chi connectivity index (χ0) is 16.8. The van der Waals surface area contributed by atoms with Gasteiger partial charge in [0.05, 0.1) is 11.2 Å². The summed E-state index contributed by atoms with van der Waals surface area (Å²) < 4.78 is 26.7. The van der Waals surface area contributed by atoms with Gasteiger partial charge in [-0.2, -0.15) is 0 Å². The summed E-state index contributed by atoms with van der Waals surface area (Å²) in [6, 6.07) is 8.18. The SMILES string of the molecule is Cc1ccc(N(C)S(=O)(=O)c2cccs2)c2[nH]c(C(=O)O)cc12. The number of sulfonamides is 1. The molecule has 3 rings (SSSR count). The first kappa shape index (κ1) is 15.6. The van der Waals surface area contributed by atoms with Crippen LogP contribution in [0.4, 0.5) is 5.69 Å². The van der Waals surface area contributed by atoms with Crippen molar-refractivity contribution in [2.75, 3.05) is 11.4 Å². The minimum absolute atomic E-state index is 0.0254. The van der Waals surface area contributed by atoms with Crippen LogP contribution in [0.1, 0.15) is 16.1 Å². The van der Waals surface area contributed by atoms with E-state index in [1.165, 1.54) is 17.4 Å². The number of nitrogens with one attached hydrogen (secondary N) is 1. The van der Waals surface area contributed by atoms with Crippen LogP contribution < -0.4 is 4.31 Å². The van der Waals surface area contributed by atoms with Crippen LogP contribution in [0.25, 0.3) is 10.9 Å². The quantitative estimate of drug-likeness (QED) is 0.756. The van der Waals surface area contributed by atoms with Gasteiger partial charge >= 0.3 is 5.97 Å². The lowest BCUT2D eigenvalue weighted by molar-refractivity contribution is 0.0691. The molecule has 8 heteroatoms. The van der Waals surface area contributed by atoms with Gasteiger partial charge in [0, 0.05) is 12.4 Å². The van der Waals surface area contributed by atoms with Crippen LogP contribution in [0.2, 0.25) is 0 Å². The Kier molecular flexibility index (Phi) is 3.65. The van der Waals surface area contributed by atoms with Crippen molar-refractivity contribution in [2.24, 2.45) is 0 Å². The molecule has 0 radical (unpaired) electrons. The summed E-state index contributed by atoms with van der Waals surface area (Å²) in [6.45, 7) is 1.85. The minimum atomic E-state index is -3.68. The Balaban J connectivity index is 2.20. The molecule has 3 aromatic rings. The predicted octanol–water partition coefficient (Wildman–Crippen LogP) is 3.06. The summed E-state index contributed by atoms with van der Waals surface area (Å²) in [6.07, 6.45) is 0. The van der Waals surface area contributed by atoms with Gasteiger partial charge in [-0.3, -0.25) is 4.31 Å². The molecule has 0 unspecified atom stereocenters. The summed E-state index contributed by atoms with van der Waals surface area (Å²) in [5.41, 5.74) is 1.79. The van der Waals surface area contributed by atoms with Crippen LogP contribution >= 0.6 is 11.3 Å². The smallest absolute Gasteiger partial charge is 0.352 e. The Morgan fingerprint density at radius 2 is 2.04 bits per heavy atom. The van der Waals surface area contributed by atoms with Gasteiger partial charge in [0.15, 0.2) is 0 Å². The van der Waals surface area contributed by atoms with E-state index in [0.717, 1.165) is 16.9 Å². The number of carboxylic acids is 1. The Bertz CT molecular complexity index is 988. The number of aromatic amines is 1. The average Bonchev–Trinajstić information content (AvgIpc) is 3.17. The molecular formula is C15H14N2O4S2. The Labute approximate surface area is 137 Å². The first-order valence-electron chi connectivity index (χ1n) is 6.70. The highest BCUT2D eigenvalue weighted by molar-refractivity contribution is 7.94. The zero-order valence-electron chi connectivity index (χ0n) is 12.4. The molecule has 2 N–H and O–H groups in total. The number of thiophene rings is 1. The van der Waals surface area contributed by atoms with Crippen LogP contribution in [-0.2, 0) is 10.0 Å². The number of benzene rings is 1. The minimum Gasteiger partial charge on any atom is -0.477 e. The molecule has 0 aliphatic heterocycles. The number of aromatic nitrogens is 1. The summed E-state index contributed by atoms with van der Waals surface area (Å²) in [5, 5.41) is 11.5. The van der Waals surface area contributed by atoms with E-state index in [9.17, 15) is 13.2 Å². The van der Waals surface area contributed by atoms with Crippen molar-refractivity contribution < 1.29 is 18.3 Å². The number of rotatable bonds is 4. The Hall–Kier alpha value is -2.32. The number of nitrogens with zero attached hydrogens (tertiary/aromatic N) is 1. The van der Waals surface area contributed by atoms with Crippen molar-refractivity contribution >= 4 is 43.9 Å². The third-order valence-electron chi connectivity index (χ3n) is 3.67. The molecule has 0 bridgehead atoms. The molecular weight excluding hydrogens is 336 g/mol. The summed E-state index contributed by atoms with van der Waals surface area (Å²) in [7, 11) is -2.22. The molecule has 0 amide bonds. The first-order valence-corrected chi connectivity index (χ1v) is 9.02. The zero-order valence-corrected chi connectivity index (χ0v) is 14.0. The van der Waals surface area contributed by atoms with Gasteiger partial charge in [-0.15, -0.1) is 11.3 Å². The highest BCUT2D eigenvalue weighted by Crippen LogP contribution is 2.33.